The van der Waals surface area contributed by atoms with Crippen LogP contribution in [0, 0.1) is 5.41 Å². The minimum absolute atomic E-state index is 0.270. The molecule has 8 nitrogen and oxygen atoms in total. The van der Waals surface area contributed by atoms with E-state index in [4.69, 9.17) is 9.97 Å². The van der Waals surface area contributed by atoms with Crippen LogP contribution in [-0.2, 0) is 11.8 Å². The number of hydrogen-bond acceptors (Lipinski definition) is 6. The predicted molar refractivity (Wildman–Crippen MR) is 106 cm³/mol. The number of carbonyl (C=O) groups excluding carboxylic acids is 1. The SMILES string of the molecule is CN1CCC[C@]2(CCN(c3nc(-c4ccncc4)nc4c3cnn4C)C2)C1=O. The lowest BCUT2D eigenvalue weighted by Crippen LogP contribution is -2.48. The summed E-state index contributed by atoms with van der Waals surface area (Å²) in [5.41, 5.74) is 1.43. The molecular formula is C20H23N7O. The minimum atomic E-state index is -0.288. The van der Waals surface area contributed by atoms with Gasteiger partial charge in [-0.1, -0.05) is 0 Å². The summed E-state index contributed by atoms with van der Waals surface area (Å²) in [6, 6.07) is 3.82. The van der Waals surface area contributed by atoms with Gasteiger partial charge in [0.05, 0.1) is 17.0 Å². The molecule has 28 heavy (non-hydrogen) atoms. The first-order valence-electron chi connectivity index (χ1n) is 9.68. The summed E-state index contributed by atoms with van der Waals surface area (Å²) in [7, 11) is 3.80. The fraction of sp³-hybridized carbons (Fsp3) is 0.450. The number of likely N-dealkylation sites (tertiary alicyclic amines) is 1. The number of carbonyl (C=O) groups is 1. The van der Waals surface area contributed by atoms with Crippen LogP contribution in [0.3, 0.4) is 0 Å². The summed E-state index contributed by atoms with van der Waals surface area (Å²) in [4.78, 5) is 30.8. The third kappa shape index (κ3) is 2.55. The molecule has 0 N–H and O–H groups in total. The van der Waals surface area contributed by atoms with E-state index in [0.717, 1.165) is 54.8 Å². The fourth-order valence-electron chi connectivity index (χ4n) is 4.58. The second kappa shape index (κ2) is 6.25. The Morgan fingerprint density at radius 2 is 1.89 bits per heavy atom. The van der Waals surface area contributed by atoms with Crippen molar-refractivity contribution in [2.75, 3.05) is 31.6 Å². The fourth-order valence-corrected chi connectivity index (χ4v) is 4.58. The van der Waals surface area contributed by atoms with Crippen LogP contribution in [0.5, 0.6) is 0 Å². The van der Waals surface area contributed by atoms with Gasteiger partial charge < -0.3 is 9.80 Å². The number of anilines is 1. The summed E-state index contributed by atoms with van der Waals surface area (Å²) in [6.07, 6.45) is 8.18. The van der Waals surface area contributed by atoms with E-state index in [1.54, 1.807) is 17.1 Å². The van der Waals surface area contributed by atoms with Crippen LogP contribution < -0.4 is 4.90 Å². The van der Waals surface area contributed by atoms with Crippen molar-refractivity contribution in [1.29, 1.82) is 0 Å². The number of amides is 1. The van der Waals surface area contributed by atoms with E-state index >= 15 is 0 Å². The first kappa shape index (κ1) is 17.1. The van der Waals surface area contributed by atoms with E-state index in [1.165, 1.54) is 0 Å². The Bertz CT molecular complexity index is 1050. The zero-order valence-electron chi connectivity index (χ0n) is 16.2. The molecule has 2 fully saturated rings. The molecule has 2 aliphatic heterocycles. The molecule has 144 valence electrons. The van der Waals surface area contributed by atoms with Crippen LogP contribution in [0.25, 0.3) is 22.4 Å². The zero-order chi connectivity index (χ0) is 19.3. The van der Waals surface area contributed by atoms with Gasteiger partial charge in [0.15, 0.2) is 11.5 Å². The molecular weight excluding hydrogens is 354 g/mol. The number of rotatable bonds is 2. The molecule has 2 saturated heterocycles. The van der Waals surface area contributed by atoms with Gasteiger partial charge >= 0.3 is 0 Å². The molecule has 1 spiro atoms. The van der Waals surface area contributed by atoms with E-state index < -0.39 is 0 Å². The Kier molecular flexibility index (Phi) is 3.82. The Labute approximate surface area is 163 Å². The molecule has 0 aliphatic carbocycles. The molecule has 0 aromatic carbocycles. The van der Waals surface area contributed by atoms with Gasteiger partial charge in [-0.3, -0.25) is 14.5 Å². The molecule has 5 rings (SSSR count). The van der Waals surface area contributed by atoms with Gasteiger partial charge in [0.1, 0.15) is 5.82 Å². The lowest BCUT2D eigenvalue weighted by molar-refractivity contribution is -0.143. The van der Waals surface area contributed by atoms with Crippen molar-refractivity contribution >= 4 is 22.8 Å². The van der Waals surface area contributed by atoms with Crippen LogP contribution in [-0.4, -0.2) is 62.2 Å². The molecule has 8 heteroatoms. The number of aryl methyl sites for hydroxylation is 1. The summed E-state index contributed by atoms with van der Waals surface area (Å²) < 4.78 is 1.77. The first-order chi connectivity index (χ1) is 13.6. The third-order valence-corrected chi connectivity index (χ3v) is 6.11. The molecule has 1 amide bonds. The van der Waals surface area contributed by atoms with Crippen molar-refractivity contribution in [3.05, 3.63) is 30.7 Å². The summed E-state index contributed by atoms with van der Waals surface area (Å²) in [5.74, 6) is 1.79. The standard InChI is InChI=1S/C20H23N7O/c1-25-10-3-6-20(19(25)28)7-11-27(13-20)18-15-12-22-26(2)17(15)23-16(24-18)14-4-8-21-9-5-14/h4-5,8-9,12H,3,6-7,10-11,13H2,1-2H3/t20-/m1/s1. The van der Waals surface area contributed by atoms with Crippen molar-refractivity contribution in [2.24, 2.45) is 12.5 Å². The van der Waals surface area contributed by atoms with Gasteiger partial charge in [-0.05, 0) is 31.4 Å². The van der Waals surface area contributed by atoms with Crippen molar-refractivity contribution < 1.29 is 4.79 Å². The van der Waals surface area contributed by atoms with E-state index in [0.29, 0.717) is 12.4 Å². The Hall–Kier alpha value is -3.03. The quantitative estimate of drug-likeness (QED) is 0.678. The van der Waals surface area contributed by atoms with Crippen molar-refractivity contribution in [3.63, 3.8) is 0 Å². The third-order valence-electron chi connectivity index (χ3n) is 6.11. The molecule has 0 bridgehead atoms. The number of fused-ring (bicyclic) bond motifs is 1. The highest BCUT2D eigenvalue weighted by molar-refractivity contribution is 5.90. The number of pyridine rings is 1. The van der Waals surface area contributed by atoms with E-state index in [-0.39, 0.29) is 11.3 Å². The molecule has 3 aromatic rings. The van der Waals surface area contributed by atoms with E-state index in [9.17, 15) is 4.79 Å². The number of hydrogen-bond donors (Lipinski definition) is 0. The lowest BCUT2D eigenvalue weighted by Gasteiger charge is -2.37. The molecule has 3 aromatic heterocycles. The van der Waals surface area contributed by atoms with Gasteiger partial charge in [0.25, 0.3) is 0 Å². The maximum Gasteiger partial charge on any atom is 0.230 e. The summed E-state index contributed by atoms with van der Waals surface area (Å²) in [5, 5.41) is 5.32. The van der Waals surface area contributed by atoms with Crippen molar-refractivity contribution in [3.8, 4) is 11.4 Å². The summed E-state index contributed by atoms with van der Waals surface area (Å²) >= 11 is 0. The summed E-state index contributed by atoms with van der Waals surface area (Å²) in [6.45, 7) is 2.37. The molecule has 0 radical (unpaired) electrons. The smallest absolute Gasteiger partial charge is 0.230 e. The molecule has 1 atom stereocenters. The zero-order valence-corrected chi connectivity index (χ0v) is 16.2. The van der Waals surface area contributed by atoms with Crippen LogP contribution >= 0.6 is 0 Å². The topological polar surface area (TPSA) is 80.0 Å². The lowest BCUT2D eigenvalue weighted by atomic mass is 9.78. The number of nitrogens with zero attached hydrogens (tertiary/aromatic N) is 7. The van der Waals surface area contributed by atoms with Crippen molar-refractivity contribution in [2.45, 2.75) is 19.3 Å². The molecule has 5 heterocycles. The second-order valence-electron chi connectivity index (χ2n) is 7.89. The number of piperidine rings is 1. The monoisotopic (exact) mass is 377 g/mol. The molecule has 0 unspecified atom stereocenters. The van der Waals surface area contributed by atoms with Crippen LogP contribution in [0.2, 0.25) is 0 Å². The predicted octanol–water partition coefficient (Wildman–Crippen LogP) is 1.87. The largest absolute Gasteiger partial charge is 0.355 e. The normalized spacial score (nSPS) is 22.6. The second-order valence-corrected chi connectivity index (χ2v) is 7.89. The highest BCUT2D eigenvalue weighted by atomic mass is 16.2. The Balaban J connectivity index is 1.58. The minimum Gasteiger partial charge on any atom is -0.355 e. The van der Waals surface area contributed by atoms with E-state index in [2.05, 4.69) is 15.0 Å². The Morgan fingerprint density at radius 1 is 1.07 bits per heavy atom. The first-order valence-corrected chi connectivity index (χ1v) is 9.68. The van der Waals surface area contributed by atoms with Gasteiger partial charge in [0.2, 0.25) is 5.91 Å². The van der Waals surface area contributed by atoms with Crippen LogP contribution in [0.15, 0.2) is 30.7 Å². The van der Waals surface area contributed by atoms with Gasteiger partial charge in [-0.25, -0.2) is 9.97 Å². The van der Waals surface area contributed by atoms with E-state index in [1.807, 2.05) is 37.3 Å². The van der Waals surface area contributed by atoms with Crippen LogP contribution in [0.1, 0.15) is 19.3 Å². The average Bonchev–Trinajstić information content (AvgIpc) is 3.31. The highest BCUT2D eigenvalue weighted by Gasteiger charge is 2.48. The van der Waals surface area contributed by atoms with Gasteiger partial charge in [-0.15, -0.1) is 0 Å². The van der Waals surface area contributed by atoms with Crippen LogP contribution in [0.4, 0.5) is 5.82 Å². The van der Waals surface area contributed by atoms with Crippen molar-refractivity contribution in [1.82, 2.24) is 29.6 Å². The maximum atomic E-state index is 12.9. The molecule has 0 saturated carbocycles. The van der Waals surface area contributed by atoms with Gasteiger partial charge in [-0.2, -0.15) is 5.10 Å². The number of aromatic nitrogens is 5. The van der Waals surface area contributed by atoms with Gasteiger partial charge in [0, 0.05) is 51.7 Å². The highest BCUT2D eigenvalue weighted by Crippen LogP contribution is 2.42. The Morgan fingerprint density at radius 3 is 2.71 bits per heavy atom. The molecule has 2 aliphatic rings. The average molecular weight is 377 g/mol. The maximum absolute atomic E-state index is 12.9.